The van der Waals surface area contributed by atoms with Crippen LogP contribution < -0.4 is 4.74 Å². The molecule has 0 unspecified atom stereocenters. The topological polar surface area (TPSA) is 33.0 Å². The molecule has 4 aromatic rings. The van der Waals surface area contributed by atoms with Gasteiger partial charge in [-0.05, 0) is 66.3 Å². The molecular formula is C32H29F4NO. The molecule has 4 aromatic carbocycles. The van der Waals surface area contributed by atoms with E-state index >= 15 is 4.39 Å². The highest BCUT2D eigenvalue weighted by atomic mass is 19.1. The molecule has 0 spiro atoms. The summed E-state index contributed by atoms with van der Waals surface area (Å²) in [6, 6.07) is 17.5. The van der Waals surface area contributed by atoms with Crippen molar-refractivity contribution in [1.82, 2.24) is 0 Å². The smallest absolute Gasteiger partial charge is 0.141 e. The number of nitrogens with zero attached hydrogens (tertiary/aromatic N) is 1. The van der Waals surface area contributed by atoms with E-state index in [0.717, 1.165) is 24.8 Å². The van der Waals surface area contributed by atoms with Gasteiger partial charge < -0.3 is 4.74 Å². The molecule has 0 bridgehead atoms. The van der Waals surface area contributed by atoms with Crippen molar-refractivity contribution >= 4 is 10.8 Å². The van der Waals surface area contributed by atoms with Crippen molar-refractivity contribution in [2.75, 3.05) is 6.61 Å². The maximum Gasteiger partial charge on any atom is 0.141 e. The number of nitriles is 1. The van der Waals surface area contributed by atoms with E-state index in [1.54, 1.807) is 30.3 Å². The predicted octanol–water partition coefficient (Wildman–Crippen LogP) is 8.41. The van der Waals surface area contributed by atoms with E-state index in [-0.39, 0.29) is 29.1 Å². The zero-order valence-electron chi connectivity index (χ0n) is 21.3. The number of ether oxygens (including phenoxy) is 1. The second-order valence-electron chi connectivity index (χ2n) is 9.44. The first-order valence-electron chi connectivity index (χ1n) is 12.9. The predicted molar refractivity (Wildman–Crippen MR) is 141 cm³/mol. The molecule has 0 radical (unpaired) electrons. The summed E-state index contributed by atoms with van der Waals surface area (Å²) in [4.78, 5) is 0. The van der Waals surface area contributed by atoms with Gasteiger partial charge in [0.15, 0.2) is 0 Å². The highest BCUT2D eigenvalue weighted by Crippen LogP contribution is 2.26. The van der Waals surface area contributed by atoms with Crippen LogP contribution in [0, 0.1) is 34.6 Å². The van der Waals surface area contributed by atoms with E-state index in [0.29, 0.717) is 47.8 Å². The van der Waals surface area contributed by atoms with Crippen LogP contribution in [0.4, 0.5) is 17.6 Å². The lowest BCUT2D eigenvalue weighted by Crippen LogP contribution is -2.03. The SMILES string of the molecule is CCCCCOc1cc(F)c(CCc2ccc3c(F)c(CCc4ccc(C#N)c(F)c4)ccc3c2)c(F)c1. The summed E-state index contributed by atoms with van der Waals surface area (Å²) in [5, 5.41) is 10.0. The molecule has 0 saturated heterocycles. The van der Waals surface area contributed by atoms with Crippen LogP contribution in [0.25, 0.3) is 10.8 Å². The van der Waals surface area contributed by atoms with Crippen molar-refractivity contribution in [2.24, 2.45) is 0 Å². The molecule has 4 rings (SSSR count). The summed E-state index contributed by atoms with van der Waals surface area (Å²) in [6.45, 7) is 2.50. The second-order valence-corrected chi connectivity index (χ2v) is 9.44. The van der Waals surface area contributed by atoms with Gasteiger partial charge in [-0.15, -0.1) is 0 Å². The standard InChI is InChI=1S/C32H29F4NO/c1-2-3-4-15-38-26-18-30(34)28(31(35)19-26)14-8-21-7-13-27-24(16-21)12-11-23(32(27)36)9-5-22-6-10-25(20-37)29(33)17-22/h6-7,10-13,16-19H,2-5,8-9,14-15H2,1H3. The van der Waals surface area contributed by atoms with E-state index in [4.69, 9.17) is 10.00 Å². The van der Waals surface area contributed by atoms with Crippen molar-refractivity contribution in [3.05, 3.63) is 112 Å². The van der Waals surface area contributed by atoms with Crippen molar-refractivity contribution in [1.29, 1.82) is 5.26 Å². The average Bonchev–Trinajstić information content (AvgIpc) is 2.90. The first-order valence-corrected chi connectivity index (χ1v) is 12.9. The third-order valence-electron chi connectivity index (χ3n) is 6.73. The van der Waals surface area contributed by atoms with Crippen LogP contribution >= 0.6 is 0 Å². The Labute approximate surface area is 220 Å². The van der Waals surface area contributed by atoms with Gasteiger partial charge in [-0.1, -0.05) is 56.2 Å². The van der Waals surface area contributed by atoms with E-state index < -0.39 is 17.5 Å². The Kier molecular flexibility index (Phi) is 9.02. The zero-order chi connectivity index (χ0) is 27.1. The Bertz CT molecular complexity index is 1450. The molecule has 0 aromatic heterocycles. The lowest BCUT2D eigenvalue weighted by Gasteiger charge is -2.11. The molecule has 0 aliphatic heterocycles. The van der Waals surface area contributed by atoms with Gasteiger partial charge in [0, 0.05) is 23.1 Å². The molecular weight excluding hydrogens is 490 g/mol. The Morgan fingerprint density at radius 3 is 2.16 bits per heavy atom. The zero-order valence-corrected chi connectivity index (χ0v) is 21.3. The van der Waals surface area contributed by atoms with E-state index in [1.165, 1.54) is 24.3 Å². The first-order chi connectivity index (χ1) is 18.4. The molecule has 0 fully saturated rings. The molecule has 196 valence electrons. The minimum Gasteiger partial charge on any atom is -0.493 e. The van der Waals surface area contributed by atoms with Crippen LogP contribution in [0.5, 0.6) is 5.75 Å². The monoisotopic (exact) mass is 519 g/mol. The Morgan fingerprint density at radius 2 is 1.45 bits per heavy atom. The van der Waals surface area contributed by atoms with Crippen LogP contribution in [0.2, 0.25) is 0 Å². The molecule has 38 heavy (non-hydrogen) atoms. The van der Waals surface area contributed by atoms with Gasteiger partial charge in [0.1, 0.15) is 35.1 Å². The summed E-state index contributed by atoms with van der Waals surface area (Å²) in [6.07, 6.45) is 4.25. The van der Waals surface area contributed by atoms with Crippen molar-refractivity contribution in [3.63, 3.8) is 0 Å². The van der Waals surface area contributed by atoms with Gasteiger partial charge in [-0.25, -0.2) is 17.6 Å². The number of fused-ring (bicyclic) bond motifs is 1. The van der Waals surface area contributed by atoms with Crippen molar-refractivity contribution in [3.8, 4) is 11.8 Å². The number of halogens is 4. The summed E-state index contributed by atoms with van der Waals surface area (Å²) in [7, 11) is 0. The Hall–Kier alpha value is -3.85. The van der Waals surface area contributed by atoms with Crippen molar-refractivity contribution < 1.29 is 22.3 Å². The molecule has 0 atom stereocenters. The van der Waals surface area contributed by atoms with E-state index in [1.807, 2.05) is 12.1 Å². The molecule has 0 heterocycles. The number of hydrogen-bond acceptors (Lipinski definition) is 2. The highest BCUT2D eigenvalue weighted by molar-refractivity contribution is 5.84. The second kappa shape index (κ2) is 12.6. The van der Waals surface area contributed by atoms with Crippen molar-refractivity contribution in [2.45, 2.75) is 51.9 Å². The van der Waals surface area contributed by atoms with Gasteiger partial charge in [0.25, 0.3) is 0 Å². The quantitative estimate of drug-likeness (QED) is 0.147. The summed E-state index contributed by atoms with van der Waals surface area (Å²) in [5.41, 5.74) is 2.03. The molecule has 0 aliphatic carbocycles. The van der Waals surface area contributed by atoms with Gasteiger partial charge in [0.2, 0.25) is 0 Å². The fraction of sp³-hybridized carbons (Fsp3) is 0.281. The molecule has 0 saturated carbocycles. The molecule has 0 N–H and O–H groups in total. The minimum absolute atomic E-state index is 0.00627. The number of rotatable bonds is 11. The van der Waals surface area contributed by atoms with Gasteiger partial charge in [0.05, 0.1) is 12.2 Å². The largest absolute Gasteiger partial charge is 0.493 e. The van der Waals surface area contributed by atoms with Crippen LogP contribution in [-0.4, -0.2) is 6.61 Å². The third-order valence-corrected chi connectivity index (χ3v) is 6.73. The number of benzene rings is 4. The van der Waals surface area contributed by atoms with Gasteiger partial charge >= 0.3 is 0 Å². The lowest BCUT2D eigenvalue weighted by molar-refractivity contribution is 0.302. The van der Waals surface area contributed by atoms with E-state index in [2.05, 4.69) is 6.92 Å². The lowest BCUT2D eigenvalue weighted by atomic mass is 9.97. The maximum absolute atomic E-state index is 15.2. The van der Waals surface area contributed by atoms with E-state index in [9.17, 15) is 13.2 Å². The third kappa shape index (κ3) is 6.52. The fourth-order valence-corrected chi connectivity index (χ4v) is 4.53. The maximum atomic E-state index is 15.2. The summed E-state index contributed by atoms with van der Waals surface area (Å²) >= 11 is 0. The Morgan fingerprint density at radius 1 is 0.737 bits per heavy atom. The minimum atomic E-state index is -0.630. The molecule has 2 nitrogen and oxygen atoms in total. The molecule has 6 heteroatoms. The fourth-order valence-electron chi connectivity index (χ4n) is 4.53. The number of unbranched alkanes of at least 4 members (excludes halogenated alkanes) is 2. The summed E-state index contributed by atoms with van der Waals surface area (Å²) in [5.74, 6) is -1.98. The number of hydrogen-bond donors (Lipinski definition) is 0. The van der Waals surface area contributed by atoms with Crippen LogP contribution in [-0.2, 0) is 25.7 Å². The highest BCUT2D eigenvalue weighted by Gasteiger charge is 2.14. The average molecular weight is 520 g/mol. The van der Waals surface area contributed by atoms with Crippen LogP contribution in [0.1, 0.15) is 54.0 Å². The Balaban J connectivity index is 1.41. The van der Waals surface area contributed by atoms with Crippen LogP contribution in [0.3, 0.4) is 0 Å². The number of aryl methyl sites for hydroxylation is 3. The van der Waals surface area contributed by atoms with Gasteiger partial charge in [-0.3, -0.25) is 0 Å². The molecule has 0 amide bonds. The summed E-state index contributed by atoms with van der Waals surface area (Å²) < 4.78 is 63.7. The molecule has 0 aliphatic rings. The van der Waals surface area contributed by atoms with Gasteiger partial charge in [-0.2, -0.15) is 5.26 Å². The first kappa shape index (κ1) is 27.2. The normalized spacial score (nSPS) is 11.1. The van der Waals surface area contributed by atoms with Crippen LogP contribution in [0.15, 0.2) is 60.7 Å².